The van der Waals surface area contributed by atoms with Crippen molar-refractivity contribution in [2.24, 2.45) is 0 Å². The quantitative estimate of drug-likeness (QED) is 0.676. The molecule has 0 radical (unpaired) electrons. The molecule has 0 spiro atoms. The van der Waals surface area contributed by atoms with Crippen LogP contribution >= 0.6 is 0 Å². The number of para-hydroxylation sites is 1. The van der Waals surface area contributed by atoms with Gasteiger partial charge in [0.1, 0.15) is 12.7 Å². The summed E-state index contributed by atoms with van der Waals surface area (Å²) in [5, 5.41) is 2.93. The molecule has 1 atom stereocenters. The van der Waals surface area contributed by atoms with Gasteiger partial charge in [0.15, 0.2) is 0 Å². The molecule has 2 aromatic carbocycles. The largest absolute Gasteiger partial charge is 0.349 e. The van der Waals surface area contributed by atoms with Gasteiger partial charge in [-0.25, -0.2) is 0 Å². The number of hydrogen-bond acceptors (Lipinski definition) is 3. The molecule has 7 nitrogen and oxygen atoms in total. The number of hydrogen-bond donors (Lipinski definition) is 1. The second-order valence-electron chi connectivity index (χ2n) is 8.36. The molecule has 162 valence electrons. The minimum absolute atomic E-state index is 0.141. The van der Waals surface area contributed by atoms with Crippen LogP contribution in [-0.2, 0) is 11.3 Å². The van der Waals surface area contributed by atoms with Crippen molar-refractivity contribution >= 4 is 23.4 Å². The normalized spacial score (nSPS) is 16.8. The minimum atomic E-state index is -0.633. The molecule has 2 aliphatic rings. The molecule has 32 heavy (non-hydrogen) atoms. The van der Waals surface area contributed by atoms with Gasteiger partial charge in [0.25, 0.3) is 11.8 Å². The SMILES string of the molecule is CC(C)n1cccc1CNC(=O)CN1C(=O)c2ccccc2N2C(=O)c3ccccc3[C@@H]12. The Labute approximate surface area is 186 Å². The highest BCUT2D eigenvalue weighted by Gasteiger charge is 2.47. The van der Waals surface area contributed by atoms with Gasteiger partial charge in [0.2, 0.25) is 5.91 Å². The lowest BCUT2D eigenvalue weighted by molar-refractivity contribution is -0.122. The summed E-state index contributed by atoms with van der Waals surface area (Å²) in [6.45, 7) is 4.39. The van der Waals surface area contributed by atoms with E-state index >= 15 is 0 Å². The van der Waals surface area contributed by atoms with Gasteiger partial charge >= 0.3 is 0 Å². The van der Waals surface area contributed by atoms with E-state index in [0.29, 0.717) is 23.4 Å². The van der Waals surface area contributed by atoms with Gasteiger partial charge in [-0.15, -0.1) is 0 Å². The standard InChI is InChI=1S/C25H24N4O3/c1-16(2)27-13-7-8-17(27)14-26-22(30)15-28-23-18-9-3-4-10-19(18)25(32)29(23)21-12-6-5-11-20(21)24(28)31/h3-13,16,23H,14-15H2,1-2H3,(H,26,30)/t23-/m0/s1. The third-order valence-corrected chi connectivity index (χ3v) is 6.09. The first-order chi connectivity index (χ1) is 15.5. The van der Waals surface area contributed by atoms with Crippen molar-refractivity contribution in [1.82, 2.24) is 14.8 Å². The van der Waals surface area contributed by atoms with Crippen LogP contribution in [-0.4, -0.2) is 33.7 Å². The molecule has 0 aliphatic carbocycles. The molecule has 1 aromatic heterocycles. The van der Waals surface area contributed by atoms with Crippen LogP contribution in [0, 0.1) is 0 Å². The summed E-state index contributed by atoms with van der Waals surface area (Å²) >= 11 is 0. The monoisotopic (exact) mass is 428 g/mol. The smallest absolute Gasteiger partial charge is 0.260 e. The van der Waals surface area contributed by atoms with Crippen molar-refractivity contribution < 1.29 is 14.4 Å². The molecule has 3 amide bonds. The van der Waals surface area contributed by atoms with Gasteiger partial charge < -0.3 is 14.8 Å². The maximum Gasteiger partial charge on any atom is 0.260 e. The highest BCUT2D eigenvalue weighted by atomic mass is 16.2. The van der Waals surface area contributed by atoms with E-state index in [4.69, 9.17) is 0 Å². The molecule has 0 unspecified atom stereocenters. The third-order valence-electron chi connectivity index (χ3n) is 6.09. The zero-order valence-electron chi connectivity index (χ0n) is 18.0. The Balaban J connectivity index is 1.44. The van der Waals surface area contributed by atoms with E-state index in [1.54, 1.807) is 29.2 Å². The van der Waals surface area contributed by atoms with Crippen molar-refractivity contribution in [1.29, 1.82) is 0 Å². The number of anilines is 1. The molecule has 3 aromatic rings. The third kappa shape index (κ3) is 3.09. The topological polar surface area (TPSA) is 74.7 Å². The van der Waals surface area contributed by atoms with Crippen molar-refractivity contribution in [3.8, 4) is 0 Å². The summed E-state index contributed by atoms with van der Waals surface area (Å²) in [6.07, 6.45) is 1.35. The number of amides is 3. The molecular weight excluding hydrogens is 404 g/mol. The molecule has 3 heterocycles. The maximum absolute atomic E-state index is 13.4. The molecule has 0 fully saturated rings. The lowest BCUT2D eigenvalue weighted by atomic mass is 10.0. The first-order valence-electron chi connectivity index (χ1n) is 10.7. The highest BCUT2D eigenvalue weighted by molar-refractivity contribution is 6.17. The number of rotatable bonds is 5. The Hall–Kier alpha value is -3.87. The van der Waals surface area contributed by atoms with Crippen molar-refractivity contribution in [3.63, 3.8) is 0 Å². The van der Waals surface area contributed by atoms with Crippen molar-refractivity contribution in [2.45, 2.75) is 32.6 Å². The maximum atomic E-state index is 13.4. The number of nitrogens with zero attached hydrogens (tertiary/aromatic N) is 3. The van der Waals surface area contributed by atoms with Gasteiger partial charge in [-0.05, 0) is 44.2 Å². The Morgan fingerprint density at radius 3 is 2.44 bits per heavy atom. The van der Waals surface area contributed by atoms with Crippen LogP contribution in [0.1, 0.15) is 58.0 Å². The molecule has 1 N–H and O–H groups in total. The number of carbonyl (C=O) groups is 3. The van der Waals surface area contributed by atoms with E-state index in [1.807, 2.05) is 42.6 Å². The van der Waals surface area contributed by atoms with E-state index in [9.17, 15) is 14.4 Å². The molecule has 0 bridgehead atoms. The number of nitrogens with one attached hydrogen (secondary N) is 1. The Morgan fingerprint density at radius 1 is 0.938 bits per heavy atom. The van der Waals surface area contributed by atoms with E-state index < -0.39 is 6.17 Å². The van der Waals surface area contributed by atoms with Gasteiger partial charge in [-0.2, -0.15) is 0 Å². The molecule has 2 aliphatic heterocycles. The Bertz CT molecular complexity index is 1230. The zero-order chi connectivity index (χ0) is 22.4. The molecule has 0 saturated carbocycles. The summed E-state index contributed by atoms with van der Waals surface area (Å²) in [5.74, 6) is -0.691. The lowest BCUT2D eigenvalue weighted by Crippen LogP contribution is -2.51. The fourth-order valence-electron chi connectivity index (χ4n) is 4.62. The average Bonchev–Trinajstić information content (AvgIpc) is 3.39. The highest BCUT2D eigenvalue weighted by Crippen LogP contribution is 2.44. The van der Waals surface area contributed by atoms with Gasteiger partial charge in [0.05, 0.1) is 17.8 Å². The first kappa shape index (κ1) is 20.1. The molecule has 5 rings (SSSR count). The van der Waals surface area contributed by atoms with Crippen LogP contribution in [0.25, 0.3) is 0 Å². The predicted octanol–water partition coefficient (Wildman–Crippen LogP) is 3.50. The van der Waals surface area contributed by atoms with Gasteiger partial charge in [-0.3, -0.25) is 19.3 Å². The van der Waals surface area contributed by atoms with E-state index in [-0.39, 0.29) is 30.3 Å². The number of benzene rings is 2. The van der Waals surface area contributed by atoms with Gasteiger partial charge in [-0.1, -0.05) is 30.3 Å². The Morgan fingerprint density at radius 2 is 1.66 bits per heavy atom. The summed E-state index contributed by atoms with van der Waals surface area (Å²) in [6, 6.07) is 18.5. The van der Waals surface area contributed by atoms with Gasteiger partial charge in [0, 0.05) is 29.1 Å². The van der Waals surface area contributed by atoms with Crippen molar-refractivity contribution in [3.05, 3.63) is 89.2 Å². The molecular formula is C25H24N4O3. The molecule has 7 heteroatoms. The average molecular weight is 428 g/mol. The van der Waals surface area contributed by atoms with Crippen LogP contribution < -0.4 is 10.2 Å². The summed E-state index contributed by atoms with van der Waals surface area (Å²) < 4.78 is 2.09. The van der Waals surface area contributed by atoms with E-state index in [0.717, 1.165) is 11.3 Å². The summed E-state index contributed by atoms with van der Waals surface area (Å²) in [4.78, 5) is 42.6. The Kier molecular flexibility index (Phi) is 4.81. The lowest BCUT2D eigenvalue weighted by Gasteiger charge is -2.40. The fraction of sp³-hybridized carbons (Fsp3) is 0.240. The van der Waals surface area contributed by atoms with E-state index in [2.05, 4.69) is 23.7 Å². The zero-order valence-corrected chi connectivity index (χ0v) is 18.0. The summed E-state index contributed by atoms with van der Waals surface area (Å²) in [7, 11) is 0. The minimum Gasteiger partial charge on any atom is -0.349 e. The van der Waals surface area contributed by atoms with Crippen LogP contribution in [0.2, 0.25) is 0 Å². The number of fused-ring (bicyclic) bond motifs is 5. The fourth-order valence-corrected chi connectivity index (χ4v) is 4.62. The second-order valence-corrected chi connectivity index (χ2v) is 8.36. The van der Waals surface area contributed by atoms with Crippen LogP contribution in [0.4, 0.5) is 5.69 Å². The number of carbonyl (C=O) groups excluding carboxylic acids is 3. The van der Waals surface area contributed by atoms with Crippen LogP contribution in [0.3, 0.4) is 0 Å². The van der Waals surface area contributed by atoms with Crippen molar-refractivity contribution in [2.75, 3.05) is 11.4 Å². The van der Waals surface area contributed by atoms with Crippen LogP contribution in [0.15, 0.2) is 66.9 Å². The van der Waals surface area contributed by atoms with E-state index in [1.165, 1.54) is 4.90 Å². The number of aromatic nitrogens is 1. The molecule has 0 saturated heterocycles. The first-order valence-corrected chi connectivity index (χ1v) is 10.7. The second kappa shape index (κ2) is 7.67. The summed E-state index contributed by atoms with van der Waals surface area (Å²) in [5.41, 5.74) is 3.29. The van der Waals surface area contributed by atoms with Crippen LogP contribution in [0.5, 0.6) is 0 Å². The predicted molar refractivity (Wildman–Crippen MR) is 120 cm³/mol.